The molecular weight excluding hydrogens is 346 g/mol. The maximum Gasteiger partial charge on any atom is 0.414 e. The molecule has 0 aromatic heterocycles. The van der Waals surface area contributed by atoms with Gasteiger partial charge in [-0.25, -0.2) is 9.59 Å². The Kier molecular flexibility index (Phi) is 9.19. The summed E-state index contributed by atoms with van der Waals surface area (Å²) in [5.41, 5.74) is 3.62. The monoisotopic (exact) mass is 373 g/mol. The molecule has 2 aromatic rings. The highest BCUT2D eigenvalue weighted by atomic mass is 16.4. The van der Waals surface area contributed by atoms with Crippen molar-refractivity contribution in [3.63, 3.8) is 0 Å². The van der Waals surface area contributed by atoms with E-state index in [1.165, 1.54) is 11.1 Å². The first-order valence-electron chi connectivity index (χ1n) is 8.67. The minimum atomic E-state index is -1.82. The van der Waals surface area contributed by atoms with Gasteiger partial charge < -0.3 is 15.3 Å². The second kappa shape index (κ2) is 11.1. The van der Waals surface area contributed by atoms with Gasteiger partial charge in [-0.3, -0.25) is 4.90 Å². The van der Waals surface area contributed by atoms with Crippen LogP contribution in [0.25, 0.3) is 0 Å². The highest BCUT2D eigenvalue weighted by Crippen LogP contribution is 2.17. The summed E-state index contributed by atoms with van der Waals surface area (Å²) in [4.78, 5) is 20.4. The van der Waals surface area contributed by atoms with Crippen molar-refractivity contribution in [2.45, 2.75) is 32.4 Å². The highest BCUT2D eigenvalue weighted by molar-refractivity contribution is 6.27. The van der Waals surface area contributed by atoms with Crippen LogP contribution in [0.1, 0.15) is 42.6 Å². The van der Waals surface area contributed by atoms with Crippen LogP contribution < -0.4 is 0 Å². The molecule has 0 aliphatic heterocycles. The standard InChI is InChI=1S/C19H25NO.C2H2O4/c1-15(2)17-11-9-16(10-12-17)13-20(3)14-19(21)18-7-5-4-6-8-18;3-1(4)2(5)6/h4-12,15,19,21H,13-14H2,1-3H3;(H,3,4)(H,5,6). The van der Waals surface area contributed by atoms with Crippen molar-refractivity contribution in [2.24, 2.45) is 0 Å². The smallest absolute Gasteiger partial charge is 0.414 e. The Morgan fingerprint density at radius 2 is 1.41 bits per heavy atom. The van der Waals surface area contributed by atoms with E-state index in [-0.39, 0.29) is 0 Å². The summed E-state index contributed by atoms with van der Waals surface area (Å²) in [6, 6.07) is 18.6. The lowest BCUT2D eigenvalue weighted by molar-refractivity contribution is -0.159. The van der Waals surface area contributed by atoms with Crippen LogP contribution in [0.3, 0.4) is 0 Å². The van der Waals surface area contributed by atoms with E-state index in [9.17, 15) is 5.11 Å². The van der Waals surface area contributed by atoms with Crippen molar-refractivity contribution in [1.82, 2.24) is 4.90 Å². The summed E-state index contributed by atoms with van der Waals surface area (Å²) in [6.45, 7) is 5.90. The van der Waals surface area contributed by atoms with Crippen LogP contribution in [-0.2, 0) is 16.1 Å². The molecule has 27 heavy (non-hydrogen) atoms. The molecule has 1 unspecified atom stereocenters. The number of benzene rings is 2. The molecule has 146 valence electrons. The molecular formula is C21H27NO5. The fourth-order valence-corrected chi connectivity index (χ4v) is 2.46. The van der Waals surface area contributed by atoms with E-state index in [1.54, 1.807) is 0 Å². The van der Waals surface area contributed by atoms with Gasteiger partial charge in [0.1, 0.15) is 0 Å². The zero-order chi connectivity index (χ0) is 20.4. The summed E-state index contributed by atoms with van der Waals surface area (Å²) in [5, 5.41) is 25.0. The third kappa shape index (κ3) is 8.48. The Labute approximate surface area is 159 Å². The first-order valence-corrected chi connectivity index (χ1v) is 8.67. The Hall–Kier alpha value is -2.70. The van der Waals surface area contributed by atoms with E-state index >= 15 is 0 Å². The summed E-state index contributed by atoms with van der Waals surface area (Å²) < 4.78 is 0. The molecule has 0 radical (unpaired) electrons. The van der Waals surface area contributed by atoms with Gasteiger partial charge in [0.15, 0.2) is 0 Å². The Balaban J connectivity index is 0.000000527. The minimum Gasteiger partial charge on any atom is -0.473 e. The fourth-order valence-electron chi connectivity index (χ4n) is 2.46. The third-order valence-corrected chi connectivity index (χ3v) is 3.95. The molecule has 2 rings (SSSR count). The zero-order valence-electron chi connectivity index (χ0n) is 15.9. The zero-order valence-corrected chi connectivity index (χ0v) is 15.9. The number of rotatable bonds is 6. The fraction of sp³-hybridized carbons (Fsp3) is 0.333. The number of aliphatic hydroxyl groups is 1. The lowest BCUT2D eigenvalue weighted by atomic mass is 10.0. The molecule has 0 aliphatic rings. The average Bonchev–Trinajstić information content (AvgIpc) is 2.63. The lowest BCUT2D eigenvalue weighted by Gasteiger charge is -2.21. The second-order valence-corrected chi connectivity index (χ2v) is 6.63. The number of hydrogen-bond acceptors (Lipinski definition) is 4. The van der Waals surface area contributed by atoms with Crippen LogP contribution in [0, 0.1) is 0 Å². The first-order chi connectivity index (χ1) is 12.7. The van der Waals surface area contributed by atoms with E-state index < -0.39 is 18.0 Å². The summed E-state index contributed by atoms with van der Waals surface area (Å²) in [5.74, 6) is -3.08. The first kappa shape index (κ1) is 22.3. The van der Waals surface area contributed by atoms with Crippen molar-refractivity contribution in [1.29, 1.82) is 0 Å². The van der Waals surface area contributed by atoms with Crippen molar-refractivity contribution in [3.8, 4) is 0 Å². The highest BCUT2D eigenvalue weighted by Gasteiger charge is 2.10. The topological polar surface area (TPSA) is 98.1 Å². The molecule has 0 spiro atoms. The molecule has 2 aromatic carbocycles. The number of hydrogen-bond donors (Lipinski definition) is 3. The Bertz CT molecular complexity index is 701. The van der Waals surface area contributed by atoms with Crippen molar-refractivity contribution in [2.75, 3.05) is 13.6 Å². The number of carbonyl (C=O) groups is 2. The van der Waals surface area contributed by atoms with Crippen LogP contribution in [0.4, 0.5) is 0 Å². The van der Waals surface area contributed by atoms with Gasteiger partial charge in [0.2, 0.25) is 0 Å². The van der Waals surface area contributed by atoms with Crippen LogP contribution in [0.15, 0.2) is 54.6 Å². The van der Waals surface area contributed by atoms with Gasteiger partial charge in [0.05, 0.1) is 6.10 Å². The van der Waals surface area contributed by atoms with E-state index in [0.717, 1.165) is 12.1 Å². The molecule has 0 aliphatic carbocycles. The van der Waals surface area contributed by atoms with Crippen LogP contribution in [-0.4, -0.2) is 45.8 Å². The molecule has 3 N–H and O–H groups in total. The van der Waals surface area contributed by atoms with Gasteiger partial charge in [0.25, 0.3) is 0 Å². The number of aliphatic hydroxyl groups excluding tert-OH is 1. The third-order valence-electron chi connectivity index (χ3n) is 3.95. The SMILES string of the molecule is CC(C)c1ccc(CN(C)CC(O)c2ccccc2)cc1.O=C(O)C(=O)O. The van der Waals surface area contributed by atoms with Crippen molar-refractivity contribution < 1.29 is 24.9 Å². The maximum atomic E-state index is 10.2. The molecule has 0 bridgehead atoms. The summed E-state index contributed by atoms with van der Waals surface area (Å²) in [7, 11) is 2.04. The number of nitrogens with zero attached hydrogens (tertiary/aromatic N) is 1. The molecule has 6 nitrogen and oxygen atoms in total. The van der Waals surface area contributed by atoms with Crippen LogP contribution in [0.5, 0.6) is 0 Å². The second-order valence-electron chi connectivity index (χ2n) is 6.63. The molecule has 0 amide bonds. The molecule has 1 atom stereocenters. The Morgan fingerprint density at radius 1 is 0.889 bits per heavy atom. The van der Waals surface area contributed by atoms with E-state index in [0.29, 0.717) is 12.5 Å². The summed E-state index contributed by atoms with van der Waals surface area (Å²) >= 11 is 0. The molecule has 0 saturated carbocycles. The maximum absolute atomic E-state index is 10.2. The van der Waals surface area contributed by atoms with Gasteiger partial charge in [-0.1, -0.05) is 68.4 Å². The van der Waals surface area contributed by atoms with Crippen LogP contribution in [0.2, 0.25) is 0 Å². The summed E-state index contributed by atoms with van der Waals surface area (Å²) in [6.07, 6.45) is -0.439. The van der Waals surface area contributed by atoms with Crippen molar-refractivity contribution in [3.05, 3.63) is 71.3 Å². The number of likely N-dealkylation sites (N-methyl/N-ethyl adjacent to an activating group) is 1. The van der Waals surface area contributed by atoms with E-state index in [2.05, 4.69) is 43.0 Å². The van der Waals surface area contributed by atoms with Crippen molar-refractivity contribution >= 4 is 11.9 Å². The normalized spacial score (nSPS) is 11.6. The van der Waals surface area contributed by atoms with Gasteiger partial charge >= 0.3 is 11.9 Å². The molecule has 0 heterocycles. The largest absolute Gasteiger partial charge is 0.473 e. The quantitative estimate of drug-likeness (QED) is 0.673. The predicted octanol–water partition coefficient (Wildman–Crippen LogP) is 3.13. The number of carboxylic acids is 2. The minimum absolute atomic E-state index is 0.439. The van der Waals surface area contributed by atoms with Gasteiger partial charge in [-0.15, -0.1) is 0 Å². The molecule has 0 fully saturated rings. The average molecular weight is 373 g/mol. The van der Waals surface area contributed by atoms with E-state index in [4.69, 9.17) is 19.8 Å². The lowest BCUT2D eigenvalue weighted by Crippen LogP contribution is -2.24. The Morgan fingerprint density at radius 3 is 1.85 bits per heavy atom. The molecule has 0 saturated heterocycles. The van der Waals surface area contributed by atoms with Crippen LogP contribution >= 0.6 is 0 Å². The number of aliphatic carboxylic acids is 2. The van der Waals surface area contributed by atoms with E-state index in [1.807, 2.05) is 37.4 Å². The predicted molar refractivity (Wildman–Crippen MR) is 104 cm³/mol. The molecule has 6 heteroatoms. The number of carboxylic acid groups (broad SMARTS) is 2. The van der Waals surface area contributed by atoms with Gasteiger partial charge in [-0.2, -0.15) is 0 Å². The van der Waals surface area contributed by atoms with Gasteiger partial charge in [-0.05, 0) is 29.7 Å². The van der Waals surface area contributed by atoms with Gasteiger partial charge in [0, 0.05) is 13.1 Å².